The van der Waals surface area contributed by atoms with Gasteiger partial charge in [0.25, 0.3) is 5.91 Å². The van der Waals surface area contributed by atoms with Crippen LogP contribution in [0.4, 0.5) is 5.69 Å². The molecule has 1 aromatic carbocycles. The number of rotatable bonds is 5. The lowest BCUT2D eigenvalue weighted by molar-refractivity contribution is -0.122. The molecule has 0 atom stereocenters. The summed E-state index contributed by atoms with van der Waals surface area (Å²) in [6.45, 7) is -0.432. The summed E-state index contributed by atoms with van der Waals surface area (Å²) in [5.41, 5.74) is 5.92. The molecule has 1 rings (SSSR count). The van der Waals surface area contributed by atoms with E-state index in [1.807, 2.05) is 0 Å². The van der Waals surface area contributed by atoms with Crippen LogP contribution in [0.2, 0.25) is 0 Å². The first-order valence-electron chi connectivity index (χ1n) is 5.33. The number of hydrogen-bond donors (Lipinski definition) is 2. The summed E-state index contributed by atoms with van der Waals surface area (Å²) in [5.74, 6) is -0.968. The van der Waals surface area contributed by atoms with Crippen LogP contribution >= 0.6 is 0 Å². The topological polar surface area (TPSA) is 114 Å². The average Bonchev–Trinajstić information content (AvgIpc) is 2.42. The Morgan fingerprint density at radius 1 is 1.47 bits per heavy atom. The van der Waals surface area contributed by atoms with E-state index >= 15 is 0 Å². The molecule has 1 amide bonds. The zero-order chi connectivity index (χ0) is 14.3. The smallest absolute Gasteiger partial charge is 0.343 e. The first kappa shape index (κ1) is 14.3. The van der Waals surface area contributed by atoms with Crippen molar-refractivity contribution in [1.29, 1.82) is 5.26 Å². The molecule has 1 aromatic rings. The van der Waals surface area contributed by atoms with Crippen molar-refractivity contribution < 1.29 is 19.1 Å². The molecule has 0 saturated heterocycles. The van der Waals surface area contributed by atoms with Crippen molar-refractivity contribution in [3.8, 4) is 11.8 Å². The Labute approximate surface area is 109 Å². The number of anilines is 1. The fourth-order valence-electron chi connectivity index (χ4n) is 1.32. The second-order valence-electron chi connectivity index (χ2n) is 3.44. The molecule has 0 radical (unpaired) electrons. The first-order chi connectivity index (χ1) is 9.10. The second-order valence-corrected chi connectivity index (χ2v) is 3.44. The summed E-state index contributed by atoms with van der Waals surface area (Å²) < 4.78 is 9.78. The molecule has 0 unspecified atom stereocenters. The lowest BCUT2D eigenvalue weighted by atomic mass is 10.1. The molecule has 0 fully saturated rings. The molecular formula is C12H13N3O4. The Balaban J connectivity index is 2.79. The minimum Gasteiger partial charge on any atom is -0.483 e. The van der Waals surface area contributed by atoms with Gasteiger partial charge in [-0.2, -0.15) is 5.26 Å². The number of nitrogens with zero attached hydrogens (tertiary/aromatic N) is 1. The summed E-state index contributed by atoms with van der Waals surface area (Å²) in [6, 6.07) is 6.37. The number of benzene rings is 1. The molecule has 0 aliphatic carbocycles. The van der Waals surface area contributed by atoms with Crippen LogP contribution in [-0.4, -0.2) is 32.1 Å². The van der Waals surface area contributed by atoms with Crippen molar-refractivity contribution in [2.24, 2.45) is 0 Å². The Kier molecular flexibility index (Phi) is 5.17. The minimum atomic E-state index is -0.648. The zero-order valence-corrected chi connectivity index (χ0v) is 10.3. The van der Waals surface area contributed by atoms with Crippen molar-refractivity contribution >= 4 is 17.6 Å². The molecule has 3 N–H and O–H groups in total. The third kappa shape index (κ3) is 3.89. The van der Waals surface area contributed by atoms with Gasteiger partial charge in [-0.15, -0.1) is 0 Å². The Hall–Kier alpha value is -2.75. The second kappa shape index (κ2) is 6.86. The van der Waals surface area contributed by atoms with Gasteiger partial charge in [0.15, 0.2) is 6.61 Å². The first-order valence-corrected chi connectivity index (χ1v) is 5.33. The van der Waals surface area contributed by atoms with Crippen LogP contribution in [0.5, 0.6) is 5.75 Å². The van der Waals surface area contributed by atoms with Crippen LogP contribution in [0.1, 0.15) is 10.4 Å². The number of nitriles is 1. The van der Waals surface area contributed by atoms with E-state index in [2.05, 4.69) is 10.1 Å². The SMILES string of the molecule is COC(=O)c1c(N)cccc1OCC(=O)NCC#N. The van der Waals surface area contributed by atoms with Crippen LogP contribution in [-0.2, 0) is 9.53 Å². The summed E-state index contributed by atoms with van der Waals surface area (Å²) in [5, 5.41) is 10.6. The van der Waals surface area contributed by atoms with Gasteiger partial charge in [0.1, 0.15) is 17.9 Å². The molecular weight excluding hydrogens is 250 g/mol. The fraction of sp³-hybridized carbons (Fsp3) is 0.250. The number of methoxy groups -OCH3 is 1. The number of hydrogen-bond acceptors (Lipinski definition) is 6. The Morgan fingerprint density at radius 3 is 2.84 bits per heavy atom. The molecule has 0 aromatic heterocycles. The predicted octanol–water partition coefficient (Wildman–Crippen LogP) is 0.0740. The molecule has 0 heterocycles. The maximum Gasteiger partial charge on any atom is 0.343 e. The molecule has 0 bridgehead atoms. The van der Waals surface area contributed by atoms with E-state index < -0.39 is 11.9 Å². The van der Waals surface area contributed by atoms with E-state index in [0.717, 1.165) is 0 Å². The highest BCUT2D eigenvalue weighted by Crippen LogP contribution is 2.25. The fourth-order valence-corrected chi connectivity index (χ4v) is 1.32. The molecule has 19 heavy (non-hydrogen) atoms. The van der Waals surface area contributed by atoms with E-state index in [-0.39, 0.29) is 30.2 Å². The largest absolute Gasteiger partial charge is 0.483 e. The number of carbonyl (C=O) groups excluding carboxylic acids is 2. The van der Waals surface area contributed by atoms with E-state index in [4.69, 9.17) is 15.7 Å². The van der Waals surface area contributed by atoms with Gasteiger partial charge in [-0.3, -0.25) is 4.79 Å². The van der Waals surface area contributed by atoms with E-state index in [1.165, 1.54) is 19.2 Å². The van der Waals surface area contributed by atoms with E-state index in [0.29, 0.717) is 0 Å². The standard InChI is InChI=1S/C12H13N3O4/c1-18-12(17)11-8(14)3-2-4-9(11)19-7-10(16)15-6-5-13/h2-4H,6-7,14H2,1H3,(H,15,16). The Morgan fingerprint density at radius 2 is 2.21 bits per heavy atom. The number of ether oxygens (including phenoxy) is 2. The number of esters is 1. The van der Waals surface area contributed by atoms with Crippen LogP contribution in [0.15, 0.2) is 18.2 Å². The van der Waals surface area contributed by atoms with Gasteiger partial charge in [0, 0.05) is 5.69 Å². The van der Waals surface area contributed by atoms with Crippen molar-refractivity contribution in [1.82, 2.24) is 5.32 Å². The van der Waals surface area contributed by atoms with Crippen molar-refractivity contribution in [3.05, 3.63) is 23.8 Å². The highest BCUT2D eigenvalue weighted by Gasteiger charge is 2.17. The van der Waals surface area contributed by atoms with Crippen LogP contribution in [0.25, 0.3) is 0 Å². The molecule has 0 saturated carbocycles. The maximum absolute atomic E-state index is 11.5. The van der Waals surface area contributed by atoms with Gasteiger partial charge in [-0.25, -0.2) is 4.79 Å². The van der Waals surface area contributed by atoms with E-state index in [1.54, 1.807) is 12.1 Å². The highest BCUT2D eigenvalue weighted by atomic mass is 16.5. The summed E-state index contributed by atoms with van der Waals surface area (Å²) >= 11 is 0. The number of amides is 1. The molecule has 0 spiro atoms. The van der Waals surface area contributed by atoms with Crippen LogP contribution in [0.3, 0.4) is 0 Å². The molecule has 7 heteroatoms. The van der Waals surface area contributed by atoms with Gasteiger partial charge in [-0.05, 0) is 12.1 Å². The normalized spacial score (nSPS) is 9.26. The van der Waals surface area contributed by atoms with E-state index in [9.17, 15) is 9.59 Å². The maximum atomic E-state index is 11.5. The molecule has 0 aliphatic heterocycles. The van der Waals surface area contributed by atoms with Gasteiger partial charge in [-0.1, -0.05) is 6.07 Å². The van der Waals surface area contributed by atoms with Crippen molar-refractivity contribution in [2.45, 2.75) is 0 Å². The zero-order valence-electron chi connectivity index (χ0n) is 10.3. The van der Waals surface area contributed by atoms with Crippen LogP contribution in [0, 0.1) is 11.3 Å². The Bertz CT molecular complexity index is 522. The summed E-state index contributed by atoms with van der Waals surface area (Å²) in [7, 11) is 1.22. The van der Waals surface area contributed by atoms with Gasteiger partial charge < -0.3 is 20.5 Å². The lowest BCUT2D eigenvalue weighted by Gasteiger charge is -2.11. The third-order valence-electron chi connectivity index (χ3n) is 2.17. The van der Waals surface area contributed by atoms with Crippen molar-refractivity contribution in [2.75, 3.05) is 26.0 Å². The minimum absolute atomic E-state index is 0.0677. The number of carbonyl (C=O) groups is 2. The molecule has 0 aliphatic rings. The summed E-state index contributed by atoms with van der Waals surface area (Å²) in [6.07, 6.45) is 0. The number of nitrogen functional groups attached to an aromatic ring is 1. The average molecular weight is 263 g/mol. The van der Waals surface area contributed by atoms with Gasteiger partial charge in [0.2, 0.25) is 0 Å². The van der Waals surface area contributed by atoms with Gasteiger partial charge in [0.05, 0.1) is 13.2 Å². The van der Waals surface area contributed by atoms with Crippen LogP contribution < -0.4 is 15.8 Å². The summed E-state index contributed by atoms with van der Waals surface area (Å²) in [4.78, 5) is 22.8. The monoisotopic (exact) mass is 263 g/mol. The molecule has 100 valence electrons. The van der Waals surface area contributed by atoms with Crippen molar-refractivity contribution in [3.63, 3.8) is 0 Å². The quantitative estimate of drug-likeness (QED) is 0.441. The number of nitrogens with one attached hydrogen (secondary N) is 1. The number of nitrogens with two attached hydrogens (primary N) is 1. The highest BCUT2D eigenvalue weighted by molar-refractivity contribution is 5.98. The van der Waals surface area contributed by atoms with Gasteiger partial charge >= 0.3 is 5.97 Å². The molecule has 7 nitrogen and oxygen atoms in total. The lowest BCUT2D eigenvalue weighted by Crippen LogP contribution is -2.29. The third-order valence-corrected chi connectivity index (χ3v) is 2.17. The predicted molar refractivity (Wildman–Crippen MR) is 66.3 cm³/mol.